The first-order valence-corrected chi connectivity index (χ1v) is 14.9. The number of rotatable bonds is 10. The standard InChI is InChI=1S/C26H24ClF3N4O3.C8H10O/c27-21-13-18(26(28,29)30)8-9-22(21)37-25-20(7-4-11-31-25)24(36)33-15-23(35)34-12-10-19(16-34)32-14-17-5-2-1-3-6-17;1-9-7-8-5-3-2-4-6-8/h1-9,11,13,19,32H,10,12,14-16H2,(H,33,36);2-6H,7H2,1H3. The molecule has 2 amide bonds. The quantitative estimate of drug-likeness (QED) is 0.203. The van der Waals surface area contributed by atoms with Crippen molar-refractivity contribution < 1.29 is 32.2 Å². The summed E-state index contributed by atoms with van der Waals surface area (Å²) in [7, 11) is 1.70. The highest BCUT2D eigenvalue weighted by molar-refractivity contribution is 6.32. The van der Waals surface area contributed by atoms with E-state index in [-0.39, 0.29) is 40.7 Å². The zero-order valence-corrected chi connectivity index (χ0v) is 25.9. The predicted octanol–water partition coefficient (Wildman–Crippen LogP) is 6.50. The van der Waals surface area contributed by atoms with Crippen LogP contribution in [0.15, 0.2) is 97.2 Å². The highest BCUT2D eigenvalue weighted by Gasteiger charge is 2.31. The van der Waals surface area contributed by atoms with Gasteiger partial charge in [0.2, 0.25) is 11.8 Å². The lowest BCUT2D eigenvalue weighted by Crippen LogP contribution is -2.41. The molecule has 0 radical (unpaired) electrons. The second-order valence-corrected chi connectivity index (χ2v) is 10.8. The van der Waals surface area contributed by atoms with Crippen molar-refractivity contribution in [3.63, 3.8) is 0 Å². The summed E-state index contributed by atoms with van der Waals surface area (Å²) in [5.41, 5.74) is 1.46. The number of pyridine rings is 1. The molecular formula is C34H34ClF3N4O4. The molecule has 1 unspecified atom stereocenters. The van der Waals surface area contributed by atoms with Gasteiger partial charge >= 0.3 is 6.18 Å². The highest BCUT2D eigenvalue weighted by Crippen LogP contribution is 2.36. The van der Waals surface area contributed by atoms with Crippen molar-refractivity contribution >= 4 is 23.4 Å². The number of hydrogen-bond acceptors (Lipinski definition) is 6. The molecule has 2 N–H and O–H groups in total. The summed E-state index contributed by atoms with van der Waals surface area (Å²) in [6.45, 7) is 2.31. The Kier molecular flexibility index (Phi) is 12.5. The summed E-state index contributed by atoms with van der Waals surface area (Å²) < 4.78 is 49.1. The number of carbonyl (C=O) groups is 2. The van der Waals surface area contributed by atoms with Crippen LogP contribution in [-0.2, 0) is 28.9 Å². The Morgan fingerprint density at radius 2 is 1.67 bits per heavy atom. The summed E-state index contributed by atoms with van der Waals surface area (Å²) in [4.78, 5) is 31.1. The first kappa shape index (κ1) is 34.4. The van der Waals surface area contributed by atoms with Crippen molar-refractivity contribution in [3.05, 3.63) is 124 Å². The number of nitrogens with one attached hydrogen (secondary N) is 2. The van der Waals surface area contributed by atoms with E-state index >= 15 is 0 Å². The van der Waals surface area contributed by atoms with Crippen LogP contribution in [0.3, 0.4) is 0 Å². The van der Waals surface area contributed by atoms with Gasteiger partial charge in [0.15, 0.2) is 0 Å². The predicted molar refractivity (Wildman–Crippen MR) is 169 cm³/mol. The number of halogens is 4. The van der Waals surface area contributed by atoms with E-state index in [2.05, 4.69) is 15.6 Å². The number of aromatic nitrogens is 1. The van der Waals surface area contributed by atoms with E-state index in [1.807, 2.05) is 60.7 Å². The minimum atomic E-state index is -4.56. The zero-order chi connectivity index (χ0) is 32.9. The van der Waals surface area contributed by atoms with Crippen molar-refractivity contribution in [3.8, 4) is 11.6 Å². The van der Waals surface area contributed by atoms with E-state index in [1.165, 1.54) is 23.9 Å². The maximum absolute atomic E-state index is 12.9. The number of alkyl halides is 3. The van der Waals surface area contributed by atoms with Crippen molar-refractivity contribution in [2.45, 2.75) is 31.8 Å². The second kappa shape index (κ2) is 16.7. The second-order valence-electron chi connectivity index (χ2n) is 10.4. The topological polar surface area (TPSA) is 92.8 Å². The fourth-order valence-electron chi connectivity index (χ4n) is 4.62. The lowest BCUT2D eigenvalue weighted by atomic mass is 10.2. The van der Waals surface area contributed by atoms with E-state index in [4.69, 9.17) is 21.1 Å². The molecule has 1 aromatic heterocycles. The molecule has 0 spiro atoms. The van der Waals surface area contributed by atoms with E-state index in [0.29, 0.717) is 26.2 Å². The Bertz CT molecular complexity index is 1580. The lowest BCUT2D eigenvalue weighted by molar-refractivity contribution is -0.137. The van der Waals surface area contributed by atoms with Crippen LogP contribution in [0.25, 0.3) is 0 Å². The molecule has 46 heavy (non-hydrogen) atoms. The van der Waals surface area contributed by atoms with Crippen molar-refractivity contribution in [2.24, 2.45) is 0 Å². The molecule has 3 aromatic carbocycles. The summed E-state index contributed by atoms with van der Waals surface area (Å²) in [6.07, 6.45) is -2.39. The maximum atomic E-state index is 12.9. The van der Waals surface area contributed by atoms with Crippen LogP contribution in [-0.4, -0.2) is 54.5 Å². The average molecular weight is 655 g/mol. The van der Waals surface area contributed by atoms with Crippen LogP contribution >= 0.6 is 11.6 Å². The highest BCUT2D eigenvalue weighted by atomic mass is 35.5. The van der Waals surface area contributed by atoms with Crippen LogP contribution in [0.1, 0.15) is 33.5 Å². The van der Waals surface area contributed by atoms with Gasteiger partial charge in [-0.2, -0.15) is 13.2 Å². The van der Waals surface area contributed by atoms with E-state index in [9.17, 15) is 22.8 Å². The largest absolute Gasteiger partial charge is 0.437 e. The molecule has 5 rings (SSSR count). The third-order valence-electron chi connectivity index (χ3n) is 7.01. The smallest absolute Gasteiger partial charge is 0.416 e. The number of likely N-dealkylation sites (tertiary alicyclic amines) is 1. The fourth-order valence-corrected chi connectivity index (χ4v) is 4.84. The van der Waals surface area contributed by atoms with Crippen molar-refractivity contribution in [1.82, 2.24) is 20.5 Å². The minimum Gasteiger partial charge on any atom is -0.437 e. The number of carbonyl (C=O) groups excluding carboxylic acids is 2. The van der Waals surface area contributed by atoms with Gasteiger partial charge in [-0.05, 0) is 47.9 Å². The van der Waals surface area contributed by atoms with Gasteiger partial charge in [0.1, 0.15) is 11.3 Å². The summed E-state index contributed by atoms with van der Waals surface area (Å²) in [5, 5.41) is 5.72. The molecule has 8 nitrogen and oxygen atoms in total. The van der Waals surface area contributed by atoms with Gasteiger partial charge in [0.05, 0.1) is 23.7 Å². The molecule has 1 atom stereocenters. The lowest BCUT2D eigenvalue weighted by Gasteiger charge is -2.18. The van der Waals surface area contributed by atoms with Crippen molar-refractivity contribution in [2.75, 3.05) is 26.7 Å². The van der Waals surface area contributed by atoms with Gasteiger partial charge in [0.25, 0.3) is 5.91 Å². The molecular weight excluding hydrogens is 621 g/mol. The van der Waals surface area contributed by atoms with Crippen molar-refractivity contribution in [1.29, 1.82) is 0 Å². The summed E-state index contributed by atoms with van der Waals surface area (Å²) in [5.74, 6) is -1.09. The molecule has 242 valence electrons. The molecule has 0 bridgehead atoms. The van der Waals surface area contributed by atoms with Crippen LogP contribution in [0.5, 0.6) is 11.6 Å². The monoisotopic (exact) mass is 654 g/mol. The molecule has 1 aliphatic heterocycles. The van der Waals surface area contributed by atoms with Crippen LogP contribution in [0.2, 0.25) is 5.02 Å². The van der Waals surface area contributed by atoms with Crippen LogP contribution < -0.4 is 15.4 Å². The number of hydrogen-bond donors (Lipinski definition) is 2. The normalized spacial score (nSPS) is 14.3. The molecule has 0 saturated carbocycles. The molecule has 12 heteroatoms. The fraction of sp³-hybridized carbons (Fsp3) is 0.265. The Labute approximate surface area is 270 Å². The van der Waals surface area contributed by atoms with E-state index < -0.39 is 17.6 Å². The number of ether oxygens (including phenoxy) is 2. The first-order valence-electron chi connectivity index (χ1n) is 14.5. The first-order chi connectivity index (χ1) is 22.1. The Hall–Kier alpha value is -4.45. The summed E-state index contributed by atoms with van der Waals surface area (Å²) in [6, 6.07) is 25.8. The van der Waals surface area contributed by atoms with Gasteiger partial charge in [-0.15, -0.1) is 0 Å². The molecule has 1 aliphatic rings. The van der Waals surface area contributed by atoms with Crippen LogP contribution in [0.4, 0.5) is 13.2 Å². The van der Waals surface area contributed by atoms with Gasteiger partial charge in [-0.25, -0.2) is 4.98 Å². The number of nitrogens with zero attached hydrogens (tertiary/aromatic N) is 2. The SMILES string of the molecule is COCc1ccccc1.O=C(NCC(=O)N1CCC(NCc2ccccc2)C1)c1cccnc1Oc1ccc(C(F)(F)F)cc1Cl. The average Bonchev–Trinajstić information content (AvgIpc) is 3.54. The Morgan fingerprint density at radius 3 is 2.33 bits per heavy atom. The summed E-state index contributed by atoms with van der Waals surface area (Å²) >= 11 is 5.95. The minimum absolute atomic E-state index is 0.00934. The van der Waals surface area contributed by atoms with E-state index in [1.54, 1.807) is 12.0 Å². The number of benzene rings is 3. The van der Waals surface area contributed by atoms with Gasteiger partial charge in [-0.1, -0.05) is 72.3 Å². The molecule has 1 fully saturated rings. The molecule has 2 heterocycles. The Morgan fingerprint density at radius 1 is 0.978 bits per heavy atom. The third-order valence-corrected chi connectivity index (χ3v) is 7.31. The van der Waals surface area contributed by atoms with E-state index in [0.717, 1.165) is 30.2 Å². The number of amides is 2. The van der Waals surface area contributed by atoms with Crippen LogP contribution in [0, 0.1) is 0 Å². The Balaban J connectivity index is 0.000000459. The van der Waals surface area contributed by atoms with Gasteiger partial charge in [0, 0.05) is 39.0 Å². The molecule has 1 saturated heterocycles. The molecule has 4 aromatic rings. The number of methoxy groups -OCH3 is 1. The van der Waals surface area contributed by atoms with Gasteiger partial charge < -0.3 is 25.0 Å². The maximum Gasteiger partial charge on any atom is 0.416 e. The third kappa shape index (κ3) is 10.3. The zero-order valence-electron chi connectivity index (χ0n) is 25.1. The van der Waals surface area contributed by atoms with Gasteiger partial charge in [-0.3, -0.25) is 9.59 Å². The molecule has 0 aliphatic carbocycles.